The Morgan fingerprint density at radius 1 is 1.00 bits per heavy atom. The molecule has 2 aromatic rings. The van der Waals surface area contributed by atoms with Gasteiger partial charge >= 0.3 is 0 Å². The van der Waals surface area contributed by atoms with E-state index in [-0.39, 0.29) is 18.4 Å². The first kappa shape index (κ1) is 22.8. The van der Waals surface area contributed by atoms with E-state index in [1.54, 1.807) is 6.07 Å². The quantitative estimate of drug-likeness (QED) is 0.772. The van der Waals surface area contributed by atoms with E-state index in [1.165, 1.54) is 0 Å². The van der Waals surface area contributed by atoms with E-state index in [9.17, 15) is 8.42 Å². The van der Waals surface area contributed by atoms with Gasteiger partial charge in [-0.3, -0.25) is 4.90 Å². The van der Waals surface area contributed by atoms with Crippen LogP contribution >= 0.6 is 12.4 Å². The van der Waals surface area contributed by atoms with Crippen molar-refractivity contribution in [3.8, 4) is 0 Å². The van der Waals surface area contributed by atoms with Crippen LogP contribution in [0, 0.1) is 20.8 Å². The number of hydrogen-bond donors (Lipinski definition) is 1. The Labute approximate surface area is 174 Å². The first-order chi connectivity index (χ1) is 12.8. The molecule has 0 saturated carbocycles. The summed E-state index contributed by atoms with van der Waals surface area (Å²) in [4.78, 5) is 2.59. The Hall–Kier alpha value is -1.44. The normalized spacial score (nSPS) is 16.4. The first-order valence-corrected chi connectivity index (χ1v) is 10.8. The molecule has 1 saturated heterocycles. The van der Waals surface area contributed by atoms with Gasteiger partial charge in [0, 0.05) is 19.6 Å². The number of morpholine rings is 1. The Kier molecular flexibility index (Phi) is 8.04. The zero-order chi connectivity index (χ0) is 19.4. The summed E-state index contributed by atoms with van der Waals surface area (Å²) in [5.41, 5.74) is 3.94. The third-order valence-corrected chi connectivity index (χ3v) is 6.57. The summed E-state index contributed by atoms with van der Waals surface area (Å²) in [7, 11) is -3.62. The molecule has 2 aromatic carbocycles. The van der Waals surface area contributed by atoms with Crippen molar-refractivity contribution < 1.29 is 13.2 Å². The molecule has 1 heterocycles. The lowest BCUT2D eigenvalue weighted by molar-refractivity contribution is 0.0345. The molecule has 0 aromatic heterocycles. The van der Waals surface area contributed by atoms with E-state index in [4.69, 9.17) is 4.74 Å². The Bertz CT molecular complexity index is 879. The third-order valence-electron chi connectivity index (χ3n) is 4.94. The zero-order valence-electron chi connectivity index (χ0n) is 16.6. The van der Waals surface area contributed by atoms with Gasteiger partial charge in [-0.25, -0.2) is 13.1 Å². The molecule has 1 aliphatic rings. The second kappa shape index (κ2) is 9.85. The van der Waals surface area contributed by atoms with Crippen molar-refractivity contribution in [3.63, 3.8) is 0 Å². The molecule has 7 heteroatoms. The van der Waals surface area contributed by atoms with Gasteiger partial charge in [-0.05, 0) is 38.0 Å². The van der Waals surface area contributed by atoms with Crippen molar-refractivity contribution in [1.82, 2.24) is 9.62 Å². The van der Waals surface area contributed by atoms with Gasteiger partial charge in [0.05, 0.1) is 24.2 Å². The molecule has 0 aliphatic carbocycles. The maximum absolute atomic E-state index is 13.1. The highest BCUT2D eigenvalue weighted by Crippen LogP contribution is 2.22. The maximum atomic E-state index is 13.1. The fourth-order valence-corrected chi connectivity index (χ4v) is 4.85. The predicted molar refractivity (Wildman–Crippen MR) is 115 cm³/mol. The molecule has 1 unspecified atom stereocenters. The number of ether oxygens (including phenoxy) is 1. The maximum Gasteiger partial charge on any atom is 0.241 e. The van der Waals surface area contributed by atoms with Gasteiger partial charge in [0.15, 0.2) is 0 Å². The highest BCUT2D eigenvalue weighted by Gasteiger charge is 2.25. The van der Waals surface area contributed by atoms with Crippen molar-refractivity contribution in [2.45, 2.75) is 31.7 Å². The van der Waals surface area contributed by atoms with E-state index in [2.05, 4.69) is 9.62 Å². The van der Waals surface area contributed by atoms with Crippen molar-refractivity contribution in [2.24, 2.45) is 0 Å². The number of aryl methyl sites for hydroxylation is 3. The van der Waals surface area contributed by atoms with Gasteiger partial charge in [-0.15, -0.1) is 12.4 Å². The Morgan fingerprint density at radius 3 is 2.21 bits per heavy atom. The summed E-state index contributed by atoms with van der Waals surface area (Å²) in [6, 6.07) is 13.2. The van der Waals surface area contributed by atoms with E-state index >= 15 is 0 Å². The van der Waals surface area contributed by atoms with Crippen LogP contribution in [-0.4, -0.2) is 46.2 Å². The monoisotopic (exact) mass is 424 g/mol. The number of halogens is 1. The summed E-state index contributed by atoms with van der Waals surface area (Å²) < 4.78 is 34.6. The minimum Gasteiger partial charge on any atom is -0.379 e. The highest BCUT2D eigenvalue weighted by molar-refractivity contribution is 7.89. The van der Waals surface area contributed by atoms with Gasteiger partial charge in [0.25, 0.3) is 0 Å². The highest BCUT2D eigenvalue weighted by atomic mass is 35.5. The number of benzene rings is 2. The molecule has 0 radical (unpaired) electrons. The fourth-order valence-electron chi connectivity index (χ4n) is 3.40. The molecule has 1 N–H and O–H groups in total. The third kappa shape index (κ3) is 5.78. The molecule has 0 spiro atoms. The zero-order valence-corrected chi connectivity index (χ0v) is 18.3. The Morgan fingerprint density at radius 2 is 1.61 bits per heavy atom. The molecule has 3 rings (SSSR count). The minimum atomic E-state index is -3.62. The smallest absolute Gasteiger partial charge is 0.241 e. The summed E-state index contributed by atoms with van der Waals surface area (Å²) in [5, 5.41) is 0. The average molecular weight is 425 g/mol. The first-order valence-electron chi connectivity index (χ1n) is 9.31. The van der Waals surface area contributed by atoms with Crippen molar-refractivity contribution in [3.05, 3.63) is 64.7 Å². The van der Waals surface area contributed by atoms with Crippen LogP contribution in [-0.2, 0) is 14.8 Å². The lowest BCUT2D eigenvalue weighted by Crippen LogP contribution is -2.43. The van der Waals surface area contributed by atoms with E-state index in [0.717, 1.165) is 35.3 Å². The molecule has 154 valence electrons. The fraction of sp³-hybridized carbons (Fsp3) is 0.429. The van der Waals surface area contributed by atoms with Gasteiger partial charge in [0.2, 0.25) is 10.0 Å². The van der Waals surface area contributed by atoms with Gasteiger partial charge in [0.1, 0.15) is 0 Å². The van der Waals surface area contributed by atoms with Crippen LogP contribution in [0.5, 0.6) is 0 Å². The number of nitrogens with zero attached hydrogens (tertiary/aromatic N) is 1. The second-order valence-electron chi connectivity index (χ2n) is 7.27. The molecular weight excluding hydrogens is 396 g/mol. The average Bonchev–Trinajstić information content (AvgIpc) is 2.62. The number of rotatable bonds is 6. The van der Waals surface area contributed by atoms with E-state index < -0.39 is 10.0 Å². The summed E-state index contributed by atoms with van der Waals surface area (Å²) in [5.74, 6) is 0. The molecule has 1 fully saturated rings. The summed E-state index contributed by atoms with van der Waals surface area (Å²) in [6.07, 6.45) is 0. The van der Waals surface area contributed by atoms with Crippen LogP contribution in [0.15, 0.2) is 47.4 Å². The van der Waals surface area contributed by atoms with Crippen LogP contribution in [0.1, 0.15) is 28.3 Å². The molecule has 28 heavy (non-hydrogen) atoms. The largest absolute Gasteiger partial charge is 0.379 e. The van der Waals surface area contributed by atoms with Crippen LogP contribution in [0.4, 0.5) is 0 Å². The summed E-state index contributed by atoms with van der Waals surface area (Å²) in [6.45, 7) is 9.45. The molecule has 5 nitrogen and oxygen atoms in total. The number of hydrogen-bond acceptors (Lipinski definition) is 4. The van der Waals surface area contributed by atoms with Crippen LogP contribution in [0.25, 0.3) is 0 Å². The second-order valence-corrected chi connectivity index (χ2v) is 8.95. The minimum absolute atomic E-state index is 0. The number of nitrogens with one attached hydrogen (secondary N) is 1. The molecular formula is C21H29ClN2O3S. The van der Waals surface area contributed by atoms with Crippen molar-refractivity contribution in [2.75, 3.05) is 32.8 Å². The topological polar surface area (TPSA) is 58.6 Å². The van der Waals surface area contributed by atoms with Gasteiger partial charge < -0.3 is 4.74 Å². The molecule has 0 bridgehead atoms. The van der Waals surface area contributed by atoms with E-state index in [1.807, 2.05) is 57.2 Å². The SMILES string of the molecule is Cc1ccc(C(CN2CCOCC2)NS(=O)(=O)c2ccc(C)cc2C)cc1.Cl. The predicted octanol–water partition coefficient (Wildman–Crippen LogP) is 3.39. The van der Waals surface area contributed by atoms with E-state index in [0.29, 0.717) is 24.7 Å². The number of sulfonamides is 1. The van der Waals surface area contributed by atoms with Gasteiger partial charge in [-0.1, -0.05) is 47.5 Å². The van der Waals surface area contributed by atoms with Gasteiger partial charge in [-0.2, -0.15) is 0 Å². The lowest BCUT2D eigenvalue weighted by atomic mass is 10.1. The Balaban J connectivity index is 0.00000280. The standard InChI is InChI=1S/C21H28N2O3S.ClH/c1-16-4-7-19(8-5-16)20(15-23-10-12-26-13-11-23)22-27(24,25)21-9-6-17(2)14-18(21)3;/h4-9,14,20,22H,10-13,15H2,1-3H3;1H. The van der Waals surface area contributed by atoms with Crippen molar-refractivity contribution in [1.29, 1.82) is 0 Å². The van der Waals surface area contributed by atoms with Crippen molar-refractivity contribution >= 4 is 22.4 Å². The lowest BCUT2D eigenvalue weighted by Gasteiger charge is -2.31. The van der Waals surface area contributed by atoms with Crippen LogP contribution in [0.2, 0.25) is 0 Å². The summed E-state index contributed by atoms with van der Waals surface area (Å²) >= 11 is 0. The molecule has 1 aliphatic heterocycles. The van der Waals surface area contributed by atoms with Crippen LogP contribution < -0.4 is 4.72 Å². The molecule has 1 atom stereocenters. The van der Waals surface area contributed by atoms with Crippen LogP contribution in [0.3, 0.4) is 0 Å². The molecule has 0 amide bonds.